The molecule has 0 aromatic carbocycles. The molecule has 18 heteroatoms. The Kier molecular flexibility index (Phi) is 18.7. The lowest BCUT2D eigenvalue weighted by atomic mass is 9.76. The molecule has 18 nitrogen and oxygen atoms in total. The van der Waals surface area contributed by atoms with Gasteiger partial charge in [-0.15, -0.1) is 6.42 Å². The molecule has 0 aliphatic carbocycles. The van der Waals surface area contributed by atoms with E-state index in [1.807, 2.05) is 32.8 Å². The van der Waals surface area contributed by atoms with Crippen LogP contribution in [0, 0.1) is 30.1 Å². The number of hydrogen-bond acceptors (Lipinski definition) is 17. The first kappa shape index (κ1) is 54.4. The van der Waals surface area contributed by atoms with Gasteiger partial charge in [-0.05, 0) is 93.5 Å². The Balaban J connectivity index is 1.97. The molecular formula is C48H73N3O15. The van der Waals surface area contributed by atoms with Crippen LogP contribution in [0.4, 0.5) is 4.79 Å². The van der Waals surface area contributed by atoms with Crippen LogP contribution < -0.4 is 0 Å². The molecule has 16 atom stereocenters. The number of likely N-dealkylation sites (N-methyl/N-ethyl adjacent to an activating group) is 1. The Labute approximate surface area is 389 Å². The highest BCUT2D eigenvalue weighted by molar-refractivity contribution is 5.96. The van der Waals surface area contributed by atoms with Gasteiger partial charge < -0.3 is 52.3 Å². The minimum Gasteiger partial charge on any atom is -0.457 e. The normalized spacial score (nSPS) is 38.3. The summed E-state index contributed by atoms with van der Waals surface area (Å²) in [6.45, 7) is 19.8. The van der Waals surface area contributed by atoms with Crippen molar-refractivity contribution in [1.29, 1.82) is 0 Å². The molecule has 4 heterocycles. The first-order valence-electron chi connectivity index (χ1n) is 22.7. The van der Waals surface area contributed by atoms with Crippen LogP contribution in [0.15, 0.2) is 30.4 Å². The lowest BCUT2D eigenvalue weighted by Gasteiger charge is -2.50. The van der Waals surface area contributed by atoms with Gasteiger partial charge in [-0.25, -0.2) is 14.3 Å². The van der Waals surface area contributed by atoms with Gasteiger partial charge in [0.25, 0.3) is 0 Å². The van der Waals surface area contributed by atoms with E-state index in [9.17, 15) is 24.0 Å². The number of ether oxygens (including phenoxy) is 10. The number of nitrogens with zero attached hydrogens (tertiary/aromatic N) is 3. The molecule has 0 radical (unpaired) electrons. The third-order valence-corrected chi connectivity index (χ3v) is 13.2. The summed E-state index contributed by atoms with van der Waals surface area (Å²) in [5.74, 6) is -2.31. The molecule has 0 bridgehead atoms. The molecule has 1 aromatic heterocycles. The Bertz CT molecular complexity index is 1920. The summed E-state index contributed by atoms with van der Waals surface area (Å²) in [6, 6.07) is -0.333. The molecule has 3 aliphatic rings. The lowest BCUT2D eigenvalue weighted by Crippen LogP contribution is -2.62. The van der Waals surface area contributed by atoms with Crippen molar-refractivity contribution in [3.63, 3.8) is 0 Å². The van der Waals surface area contributed by atoms with Gasteiger partial charge in [-0.3, -0.25) is 19.2 Å². The molecule has 0 N–H and O–H groups in total. The smallest absolute Gasteiger partial charge is 0.420 e. The Morgan fingerprint density at radius 1 is 0.955 bits per heavy atom. The fourth-order valence-electron chi connectivity index (χ4n) is 9.79. The summed E-state index contributed by atoms with van der Waals surface area (Å²) in [4.78, 5) is 73.9. The Hall–Kier alpha value is -4.22. The number of imidazole rings is 1. The fourth-order valence-corrected chi connectivity index (χ4v) is 9.79. The zero-order chi connectivity index (χ0) is 49.5. The summed E-state index contributed by atoms with van der Waals surface area (Å²) in [5.41, 5.74) is -3.97. The molecule has 4 rings (SSSR count). The zero-order valence-electron chi connectivity index (χ0n) is 41.4. The Morgan fingerprint density at radius 3 is 2.18 bits per heavy atom. The summed E-state index contributed by atoms with van der Waals surface area (Å²) in [6.07, 6.45) is 3.01. The second kappa shape index (κ2) is 22.7. The zero-order valence-corrected chi connectivity index (χ0v) is 41.4. The minimum absolute atomic E-state index is 0.0163. The molecular weight excluding hydrogens is 859 g/mol. The fraction of sp³-hybridized carbons (Fsp3) is 0.750. The maximum atomic E-state index is 14.9. The number of hydrogen-bond donors (Lipinski definition) is 0. The van der Waals surface area contributed by atoms with E-state index < -0.39 is 108 Å². The average molecular weight is 932 g/mol. The van der Waals surface area contributed by atoms with Crippen LogP contribution in [-0.2, 0) is 66.5 Å². The number of rotatable bonds is 12. The quantitative estimate of drug-likeness (QED) is 0.146. The predicted molar refractivity (Wildman–Crippen MR) is 238 cm³/mol. The highest BCUT2D eigenvalue weighted by Gasteiger charge is 2.54. The van der Waals surface area contributed by atoms with Gasteiger partial charge in [0, 0.05) is 51.6 Å². The molecule has 0 saturated carbocycles. The highest BCUT2D eigenvalue weighted by Crippen LogP contribution is 2.42. The summed E-state index contributed by atoms with van der Waals surface area (Å²) < 4.78 is 64.8. The van der Waals surface area contributed by atoms with Crippen LogP contribution in [0.2, 0.25) is 0 Å². The van der Waals surface area contributed by atoms with Crippen molar-refractivity contribution in [2.24, 2.45) is 17.8 Å². The van der Waals surface area contributed by atoms with Crippen molar-refractivity contribution < 1.29 is 71.3 Å². The van der Waals surface area contributed by atoms with Gasteiger partial charge in [0.05, 0.1) is 42.0 Å². The van der Waals surface area contributed by atoms with E-state index in [0.29, 0.717) is 6.42 Å². The standard InChI is InChI=1S/C48H73N3O15/c1-17-21-58-48(13)24-28(4)38(54)27(3)23-46(11,66-45(56)51-20-19-49-26-51)36(18-2)63-43(55)31(7)39(64-37-25-47(12,57-16)42(32(8)60-37)62-34(10)53)30(6)41(48)65-44-40(61-33(9)52)35(50(14)15)22-29(5)59-44/h1,19-20,23,26,28-32,35-37,39-42,44H,18,21-22,24-25H2,2-16H3/t28-,29-,30+,31-,32+,35?,36-,37?,39?,40?,41?,42?,44?,46+,47-,48+/m1/s1. The molecule has 2 saturated heterocycles. The van der Waals surface area contributed by atoms with E-state index in [2.05, 4.69) is 10.9 Å². The van der Waals surface area contributed by atoms with Crippen LogP contribution in [0.3, 0.4) is 0 Å². The van der Waals surface area contributed by atoms with Crippen molar-refractivity contribution in [1.82, 2.24) is 14.5 Å². The molecule has 0 amide bonds. The number of Topliss-reactive ketones (excluding diaryl/α,β-unsaturated/α-hetero) is 1. The summed E-state index contributed by atoms with van der Waals surface area (Å²) in [7, 11) is 5.25. The van der Waals surface area contributed by atoms with Crippen LogP contribution >= 0.6 is 0 Å². The van der Waals surface area contributed by atoms with Gasteiger partial charge in [0.2, 0.25) is 0 Å². The number of cyclic esters (lactones) is 1. The summed E-state index contributed by atoms with van der Waals surface area (Å²) >= 11 is 0. The molecule has 370 valence electrons. The first-order chi connectivity index (χ1) is 30.8. The Morgan fingerprint density at radius 2 is 1.62 bits per heavy atom. The number of terminal acetylenes is 1. The maximum absolute atomic E-state index is 14.9. The lowest BCUT2D eigenvalue weighted by molar-refractivity contribution is -0.321. The maximum Gasteiger partial charge on any atom is 0.420 e. The van der Waals surface area contributed by atoms with Crippen molar-refractivity contribution >= 4 is 29.8 Å². The minimum atomic E-state index is -1.66. The number of carbonyl (C=O) groups is 5. The van der Waals surface area contributed by atoms with Crippen molar-refractivity contribution in [2.45, 2.75) is 187 Å². The predicted octanol–water partition coefficient (Wildman–Crippen LogP) is 5.42. The van der Waals surface area contributed by atoms with E-state index in [-0.39, 0.29) is 49.4 Å². The second-order valence-corrected chi connectivity index (χ2v) is 18.9. The molecule has 2 fully saturated rings. The van der Waals surface area contributed by atoms with Gasteiger partial charge in [0.15, 0.2) is 36.2 Å². The van der Waals surface area contributed by atoms with Crippen LogP contribution in [-0.4, -0.2) is 150 Å². The highest BCUT2D eigenvalue weighted by atomic mass is 16.7. The van der Waals surface area contributed by atoms with E-state index in [4.69, 9.17) is 53.8 Å². The number of aromatic nitrogens is 2. The van der Waals surface area contributed by atoms with Gasteiger partial charge in [-0.2, -0.15) is 0 Å². The number of esters is 3. The van der Waals surface area contributed by atoms with Gasteiger partial charge in [0.1, 0.15) is 24.6 Å². The van der Waals surface area contributed by atoms with E-state index >= 15 is 0 Å². The molecule has 1 aromatic rings. The monoisotopic (exact) mass is 932 g/mol. The molecule has 3 aliphatic heterocycles. The largest absolute Gasteiger partial charge is 0.457 e. The van der Waals surface area contributed by atoms with Crippen LogP contribution in [0.1, 0.15) is 109 Å². The van der Waals surface area contributed by atoms with E-state index in [1.165, 1.54) is 45.8 Å². The van der Waals surface area contributed by atoms with Crippen LogP contribution in [0.25, 0.3) is 0 Å². The third-order valence-electron chi connectivity index (χ3n) is 13.2. The van der Waals surface area contributed by atoms with Gasteiger partial charge >= 0.3 is 24.0 Å². The first-order valence-corrected chi connectivity index (χ1v) is 22.7. The average Bonchev–Trinajstić information content (AvgIpc) is 3.79. The number of methoxy groups -OCH3 is 1. The van der Waals surface area contributed by atoms with Gasteiger partial charge in [-0.1, -0.05) is 26.7 Å². The number of carbonyl (C=O) groups excluding carboxylic acids is 5. The topological polar surface area (TPSA) is 199 Å². The summed E-state index contributed by atoms with van der Waals surface area (Å²) in [5, 5.41) is 0. The number of allylic oxidation sites excluding steroid dienone is 1. The second-order valence-electron chi connectivity index (χ2n) is 18.9. The van der Waals surface area contributed by atoms with E-state index in [0.717, 1.165) is 4.57 Å². The molecule has 0 spiro atoms. The molecule has 7 unspecified atom stereocenters. The number of ketones is 1. The van der Waals surface area contributed by atoms with Crippen LogP contribution in [0.5, 0.6) is 0 Å². The SMILES string of the molecule is C#CCO[C@@]1(C)C[C@@H](C)C(=O)C(C)=C[C@](C)(OC(=O)n2ccnc2)[C@@H](CC)OC(=O)[C@H](C)C(OC2C[C@@](C)(OC)C(OC(C)=O)[C@H](C)O2)[C@H](C)C1OC1O[C@H](C)CC(N(C)C)C1OC(C)=O. The van der Waals surface area contributed by atoms with Crippen molar-refractivity contribution in [2.75, 3.05) is 27.8 Å². The van der Waals surface area contributed by atoms with E-state index in [1.54, 1.807) is 55.4 Å². The van der Waals surface area contributed by atoms with Crippen molar-refractivity contribution in [3.8, 4) is 12.3 Å². The van der Waals surface area contributed by atoms with Crippen molar-refractivity contribution in [3.05, 3.63) is 30.4 Å². The third kappa shape index (κ3) is 12.9. The molecule has 66 heavy (non-hydrogen) atoms.